The van der Waals surface area contributed by atoms with E-state index in [1.807, 2.05) is 0 Å². The van der Waals surface area contributed by atoms with Crippen LogP contribution in [0.15, 0.2) is 30.3 Å². The number of hydrogen-bond acceptors (Lipinski definition) is 2. The maximum absolute atomic E-state index is 4.70. The third-order valence-corrected chi connectivity index (χ3v) is 3.83. The maximum atomic E-state index is 4.70. The van der Waals surface area contributed by atoms with Crippen molar-refractivity contribution in [3.63, 3.8) is 0 Å². The minimum atomic E-state index is 0.221. The van der Waals surface area contributed by atoms with Gasteiger partial charge < -0.3 is 5.32 Å². The van der Waals surface area contributed by atoms with E-state index in [0.29, 0.717) is 0 Å². The molecule has 1 heterocycles. The fourth-order valence-corrected chi connectivity index (χ4v) is 2.59. The molecule has 1 aromatic carbocycles. The molecule has 0 spiro atoms. The molecule has 0 amide bonds. The summed E-state index contributed by atoms with van der Waals surface area (Å²) >= 11 is 0. The normalized spacial score (nSPS) is 12.6. The van der Waals surface area contributed by atoms with Crippen LogP contribution in [0, 0.1) is 6.92 Å². The van der Waals surface area contributed by atoms with E-state index in [1.54, 1.807) is 0 Å². The second-order valence-corrected chi connectivity index (χ2v) is 5.53. The van der Waals surface area contributed by atoms with Crippen LogP contribution < -0.4 is 5.32 Å². The van der Waals surface area contributed by atoms with E-state index in [4.69, 9.17) is 5.10 Å². The first-order chi connectivity index (χ1) is 10.2. The van der Waals surface area contributed by atoms with E-state index in [1.165, 1.54) is 22.5 Å². The van der Waals surface area contributed by atoms with Gasteiger partial charge in [0.1, 0.15) is 0 Å². The van der Waals surface area contributed by atoms with Crippen LogP contribution >= 0.6 is 0 Å². The van der Waals surface area contributed by atoms with Crippen molar-refractivity contribution in [1.82, 2.24) is 15.1 Å². The van der Waals surface area contributed by atoms with Crippen LogP contribution in [-0.4, -0.2) is 16.3 Å². The Hall–Kier alpha value is -1.61. The minimum Gasteiger partial charge on any atom is -0.305 e. The molecule has 0 saturated heterocycles. The van der Waals surface area contributed by atoms with E-state index >= 15 is 0 Å². The largest absolute Gasteiger partial charge is 0.305 e. The van der Waals surface area contributed by atoms with Crippen LogP contribution in [0.2, 0.25) is 0 Å². The van der Waals surface area contributed by atoms with Crippen LogP contribution in [0.1, 0.15) is 55.7 Å². The highest BCUT2D eigenvalue weighted by molar-refractivity contribution is 5.31. The Balaban J connectivity index is 2.39. The molecule has 0 radical (unpaired) electrons. The van der Waals surface area contributed by atoms with Crippen molar-refractivity contribution < 1.29 is 0 Å². The zero-order valence-corrected chi connectivity index (χ0v) is 13.7. The molecule has 3 nitrogen and oxygen atoms in total. The average molecular weight is 285 g/mol. The molecule has 0 saturated carbocycles. The van der Waals surface area contributed by atoms with Gasteiger partial charge in [0.25, 0.3) is 0 Å². The molecular formula is C18H27N3. The van der Waals surface area contributed by atoms with E-state index in [-0.39, 0.29) is 6.04 Å². The first-order valence-electron chi connectivity index (χ1n) is 8.06. The lowest BCUT2D eigenvalue weighted by Gasteiger charge is -2.20. The maximum Gasteiger partial charge on any atom is 0.0748 e. The van der Waals surface area contributed by atoms with Gasteiger partial charge in [-0.3, -0.25) is 4.68 Å². The summed E-state index contributed by atoms with van der Waals surface area (Å²) < 4.78 is 2.13. The second kappa shape index (κ2) is 7.41. The lowest BCUT2D eigenvalue weighted by molar-refractivity contribution is 0.528. The summed E-state index contributed by atoms with van der Waals surface area (Å²) in [6.07, 6.45) is 2.11. The molecular weight excluding hydrogens is 258 g/mol. The van der Waals surface area contributed by atoms with Crippen LogP contribution in [0.5, 0.6) is 0 Å². The number of aromatic nitrogens is 2. The van der Waals surface area contributed by atoms with E-state index in [0.717, 1.165) is 25.9 Å². The van der Waals surface area contributed by atoms with Crippen molar-refractivity contribution in [2.75, 3.05) is 6.54 Å². The summed E-state index contributed by atoms with van der Waals surface area (Å²) in [5, 5.41) is 8.37. The van der Waals surface area contributed by atoms with Gasteiger partial charge in [0.05, 0.1) is 17.4 Å². The van der Waals surface area contributed by atoms with Gasteiger partial charge in [0.15, 0.2) is 0 Å². The van der Waals surface area contributed by atoms with Gasteiger partial charge in [-0.2, -0.15) is 5.10 Å². The van der Waals surface area contributed by atoms with Crippen molar-refractivity contribution in [1.29, 1.82) is 0 Å². The standard InChI is InChI=1S/C18H27N3/c1-5-12-19-18(15-10-8-14(4)9-11-15)17-13-16(6-2)20-21(17)7-3/h8-11,13,18-19H,5-7,12H2,1-4H3. The number of nitrogens with zero attached hydrogens (tertiary/aromatic N) is 2. The minimum absolute atomic E-state index is 0.221. The van der Waals surface area contributed by atoms with Crippen LogP contribution in [0.25, 0.3) is 0 Å². The predicted molar refractivity (Wildman–Crippen MR) is 88.6 cm³/mol. The van der Waals surface area contributed by atoms with Gasteiger partial charge in [0, 0.05) is 6.54 Å². The smallest absolute Gasteiger partial charge is 0.0748 e. The Kier molecular flexibility index (Phi) is 5.57. The van der Waals surface area contributed by atoms with E-state index < -0.39 is 0 Å². The zero-order valence-electron chi connectivity index (χ0n) is 13.7. The Labute approximate surface area is 128 Å². The van der Waals surface area contributed by atoms with Gasteiger partial charge in [-0.05, 0) is 44.9 Å². The first-order valence-corrected chi connectivity index (χ1v) is 8.06. The number of benzene rings is 1. The molecule has 2 rings (SSSR count). The highest BCUT2D eigenvalue weighted by Crippen LogP contribution is 2.24. The molecule has 0 aliphatic rings. The summed E-state index contributed by atoms with van der Waals surface area (Å²) in [7, 11) is 0. The summed E-state index contributed by atoms with van der Waals surface area (Å²) in [5.74, 6) is 0. The topological polar surface area (TPSA) is 29.9 Å². The molecule has 1 unspecified atom stereocenters. The Morgan fingerprint density at radius 1 is 1.14 bits per heavy atom. The molecule has 1 atom stereocenters. The van der Waals surface area contributed by atoms with Crippen LogP contribution in [-0.2, 0) is 13.0 Å². The Morgan fingerprint density at radius 3 is 2.43 bits per heavy atom. The molecule has 1 aromatic heterocycles. The molecule has 0 fully saturated rings. The quantitative estimate of drug-likeness (QED) is 0.837. The summed E-state index contributed by atoms with van der Waals surface area (Å²) in [6, 6.07) is 11.3. The summed E-state index contributed by atoms with van der Waals surface area (Å²) in [6.45, 7) is 10.6. The molecule has 1 N–H and O–H groups in total. The van der Waals surface area contributed by atoms with Crippen molar-refractivity contribution in [3.8, 4) is 0 Å². The third kappa shape index (κ3) is 3.73. The molecule has 0 bridgehead atoms. The van der Waals surface area contributed by atoms with Gasteiger partial charge in [0.2, 0.25) is 0 Å². The lowest BCUT2D eigenvalue weighted by atomic mass is 10.0. The van der Waals surface area contributed by atoms with E-state index in [2.05, 4.69) is 68.0 Å². The number of aryl methyl sites for hydroxylation is 3. The molecule has 3 heteroatoms. The first kappa shape index (κ1) is 15.8. The molecule has 0 aliphatic carbocycles. The molecule has 21 heavy (non-hydrogen) atoms. The number of hydrogen-bond donors (Lipinski definition) is 1. The zero-order chi connectivity index (χ0) is 15.2. The monoisotopic (exact) mass is 285 g/mol. The Morgan fingerprint density at radius 2 is 1.86 bits per heavy atom. The van der Waals surface area contributed by atoms with Crippen molar-refractivity contribution >= 4 is 0 Å². The molecule has 114 valence electrons. The lowest BCUT2D eigenvalue weighted by Crippen LogP contribution is -2.25. The van der Waals surface area contributed by atoms with Crippen molar-refractivity contribution in [2.24, 2.45) is 0 Å². The third-order valence-electron chi connectivity index (χ3n) is 3.83. The van der Waals surface area contributed by atoms with Crippen molar-refractivity contribution in [2.45, 2.75) is 53.1 Å². The fourth-order valence-electron chi connectivity index (χ4n) is 2.59. The SMILES string of the molecule is CCCNC(c1ccc(C)cc1)c1cc(CC)nn1CC. The van der Waals surface area contributed by atoms with Gasteiger partial charge in [-0.15, -0.1) is 0 Å². The summed E-state index contributed by atoms with van der Waals surface area (Å²) in [5.41, 5.74) is 5.05. The van der Waals surface area contributed by atoms with Crippen molar-refractivity contribution in [3.05, 3.63) is 52.8 Å². The average Bonchev–Trinajstić information content (AvgIpc) is 2.92. The second-order valence-electron chi connectivity index (χ2n) is 5.53. The fraction of sp³-hybridized carbons (Fsp3) is 0.500. The molecule has 0 aliphatic heterocycles. The molecule has 2 aromatic rings. The summed E-state index contributed by atoms with van der Waals surface area (Å²) in [4.78, 5) is 0. The highest BCUT2D eigenvalue weighted by Gasteiger charge is 2.18. The van der Waals surface area contributed by atoms with Gasteiger partial charge in [-0.25, -0.2) is 0 Å². The number of nitrogens with one attached hydrogen (secondary N) is 1. The van der Waals surface area contributed by atoms with Gasteiger partial charge >= 0.3 is 0 Å². The van der Waals surface area contributed by atoms with Crippen LogP contribution in [0.3, 0.4) is 0 Å². The Bertz CT molecular complexity index is 554. The van der Waals surface area contributed by atoms with Gasteiger partial charge in [-0.1, -0.05) is 43.7 Å². The van der Waals surface area contributed by atoms with E-state index in [9.17, 15) is 0 Å². The predicted octanol–water partition coefficient (Wildman–Crippen LogP) is 3.86. The van der Waals surface area contributed by atoms with Crippen LogP contribution in [0.4, 0.5) is 0 Å². The number of rotatable bonds is 7. The highest BCUT2D eigenvalue weighted by atomic mass is 15.3.